The molecule has 0 spiro atoms. The Morgan fingerprint density at radius 1 is 1.19 bits per heavy atom. The highest BCUT2D eigenvalue weighted by Crippen LogP contribution is 2.32. The van der Waals surface area contributed by atoms with Crippen LogP contribution in [0.2, 0.25) is 0 Å². The van der Waals surface area contributed by atoms with Gasteiger partial charge in [-0.25, -0.2) is 4.98 Å². The van der Waals surface area contributed by atoms with Crippen molar-refractivity contribution in [3.63, 3.8) is 0 Å². The summed E-state index contributed by atoms with van der Waals surface area (Å²) in [4.78, 5) is 16.8. The molecule has 6 nitrogen and oxygen atoms in total. The van der Waals surface area contributed by atoms with E-state index in [2.05, 4.69) is 10.3 Å². The molecule has 0 atom stereocenters. The minimum Gasteiger partial charge on any atom is -0.490 e. The first-order chi connectivity index (χ1) is 12.6. The van der Waals surface area contributed by atoms with Gasteiger partial charge in [0, 0.05) is 17.4 Å². The van der Waals surface area contributed by atoms with Gasteiger partial charge in [-0.05, 0) is 43.7 Å². The number of ether oxygens (including phenoxy) is 1. The third kappa shape index (κ3) is 6.05. The first-order valence-electron chi connectivity index (χ1n) is 9.01. The largest absolute Gasteiger partial charge is 0.490 e. The standard InChI is InChI=1S/C21H28N2O4/c1-13(2)27-17-11-14(12-19(24)25)9-10-15(17)16-7-6-8-18(22-16)23-20(26)21(3,4)5/h6-11,13,19,24-25H,12H2,1-5H3,(H,22,23,26). The van der Waals surface area contributed by atoms with Gasteiger partial charge in [0.15, 0.2) is 6.29 Å². The Morgan fingerprint density at radius 3 is 2.48 bits per heavy atom. The number of nitrogens with zero attached hydrogens (tertiary/aromatic N) is 1. The summed E-state index contributed by atoms with van der Waals surface area (Å²) in [6, 6.07) is 10.8. The third-order valence-electron chi connectivity index (χ3n) is 3.77. The number of aliphatic hydroxyl groups excluding tert-OH is 1. The molecule has 6 heteroatoms. The summed E-state index contributed by atoms with van der Waals surface area (Å²) in [6.45, 7) is 9.37. The lowest BCUT2D eigenvalue weighted by Gasteiger charge is -2.18. The Morgan fingerprint density at radius 2 is 1.89 bits per heavy atom. The minimum absolute atomic E-state index is 0.0539. The normalized spacial score (nSPS) is 11.7. The van der Waals surface area contributed by atoms with Crippen LogP contribution in [-0.4, -0.2) is 33.5 Å². The highest BCUT2D eigenvalue weighted by molar-refractivity contribution is 5.93. The zero-order valence-corrected chi connectivity index (χ0v) is 16.5. The Kier molecular flexibility index (Phi) is 6.57. The third-order valence-corrected chi connectivity index (χ3v) is 3.77. The summed E-state index contributed by atoms with van der Waals surface area (Å²) in [6.07, 6.45) is -1.36. The van der Waals surface area contributed by atoms with Crippen LogP contribution >= 0.6 is 0 Å². The van der Waals surface area contributed by atoms with Crippen LogP contribution in [0.25, 0.3) is 11.3 Å². The van der Waals surface area contributed by atoms with Crippen LogP contribution in [0.15, 0.2) is 36.4 Å². The van der Waals surface area contributed by atoms with E-state index >= 15 is 0 Å². The lowest BCUT2D eigenvalue weighted by molar-refractivity contribution is -0.123. The predicted octanol–water partition coefficient (Wildman–Crippen LogP) is 3.37. The summed E-state index contributed by atoms with van der Waals surface area (Å²) < 4.78 is 5.91. The molecule has 0 unspecified atom stereocenters. The molecule has 0 fully saturated rings. The summed E-state index contributed by atoms with van der Waals surface area (Å²) in [5, 5.41) is 21.3. The molecular formula is C21H28N2O4. The number of aliphatic hydroxyl groups is 2. The Balaban J connectivity index is 2.38. The fourth-order valence-electron chi connectivity index (χ4n) is 2.43. The van der Waals surface area contributed by atoms with E-state index in [1.807, 2.05) is 58.9 Å². The highest BCUT2D eigenvalue weighted by Gasteiger charge is 2.22. The molecule has 2 aromatic rings. The molecule has 0 aliphatic carbocycles. The van der Waals surface area contributed by atoms with Gasteiger partial charge >= 0.3 is 0 Å². The van der Waals surface area contributed by atoms with Crippen molar-refractivity contribution in [2.75, 3.05) is 5.32 Å². The van der Waals surface area contributed by atoms with Crippen LogP contribution in [0.1, 0.15) is 40.2 Å². The topological polar surface area (TPSA) is 91.7 Å². The van der Waals surface area contributed by atoms with E-state index in [9.17, 15) is 15.0 Å². The van der Waals surface area contributed by atoms with Crippen LogP contribution in [0.5, 0.6) is 5.75 Å². The number of amides is 1. The van der Waals surface area contributed by atoms with Crippen molar-refractivity contribution in [2.24, 2.45) is 5.41 Å². The zero-order valence-electron chi connectivity index (χ0n) is 16.5. The zero-order chi connectivity index (χ0) is 20.2. The van der Waals surface area contributed by atoms with Crippen LogP contribution in [0.4, 0.5) is 5.82 Å². The fraction of sp³-hybridized carbons (Fsp3) is 0.429. The molecule has 0 radical (unpaired) electrons. The van der Waals surface area contributed by atoms with Gasteiger partial charge in [0.1, 0.15) is 11.6 Å². The van der Waals surface area contributed by atoms with Gasteiger partial charge in [0.25, 0.3) is 0 Å². The number of rotatable bonds is 6. The molecular weight excluding hydrogens is 344 g/mol. The van der Waals surface area contributed by atoms with Gasteiger partial charge in [-0.1, -0.05) is 32.9 Å². The molecule has 1 heterocycles. The van der Waals surface area contributed by atoms with Crippen molar-refractivity contribution >= 4 is 11.7 Å². The lowest BCUT2D eigenvalue weighted by atomic mass is 9.96. The number of pyridine rings is 1. The number of hydrogen-bond donors (Lipinski definition) is 3. The van der Waals surface area contributed by atoms with Gasteiger partial charge in [0.2, 0.25) is 5.91 Å². The maximum absolute atomic E-state index is 12.2. The van der Waals surface area contributed by atoms with Gasteiger partial charge < -0.3 is 20.3 Å². The van der Waals surface area contributed by atoms with Crippen molar-refractivity contribution in [3.05, 3.63) is 42.0 Å². The molecule has 2 rings (SSSR count). The van der Waals surface area contributed by atoms with E-state index in [1.165, 1.54) is 0 Å². The van der Waals surface area contributed by atoms with Gasteiger partial charge in [-0.15, -0.1) is 0 Å². The summed E-state index contributed by atoms with van der Waals surface area (Å²) in [5.74, 6) is 0.964. The number of carbonyl (C=O) groups excluding carboxylic acids is 1. The van der Waals surface area contributed by atoms with E-state index in [4.69, 9.17) is 4.74 Å². The number of aromatic nitrogens is 1. The van der Waals surface area contributed by atoms with Crippen molar-refractivity contribution in [1.29, 1.82) is 0 Å². The molecule has 146 valence electrons. The molecule has 0 bridgehead atoms. The monoisotopic (exact) mass is 372 g/mol. The Bertz CT molecular complexity index is 795. The predicted molar refractivity (Wildman–Crippen MR) is 105 cm³/mol. The first kappa shape index (κ1) is 20.9. The SMILES string of the molecule is CC(C)Oc1cc(CC(O)O)ccc1-c1cccc(NC(=O)C(C)(C)C)n1. The molecule has 1 aromatic heterocycles. The molecule has 0 saturated carbocycles. The van der Waals surface area contributed by atoms with Gasteiger partial charge in [-0.2, -0.15) is 0 Å². The minimum atomic E-state index is -1.42. The van der Waals surface area contributed by atoms with Gasteiger partial charge in [-0.3, -0.25) is 4.79 Å². The van der Waals surface area contributed by atoms with Crippen LogP contribution in [-0.2, 0) is 11.2 Å². The van der Waals surface area contributed by atoms with E-state index in [1.54, 1.807) is 12.1 Å². The molecule has 0 aliphatic heterocycles. The van der Waals surface area contributed by atoms with E-state index in [-0.39, 0.29) is 18.4 Å². The molecule has 0 saturated heterocycles. The first-order valence-corrected chi connectivity index (χ1v) is 9.01. The fourth-order valence-corrected chi connectivity index (χ4v) is 2.43. The van der Waals surface area contributed by atoms with Crippen LogP contribution in [0.3, 0.4) is 0 Å². The highest BCUT2D eigenvalue weighted by atomic mass is 16.5. The summed E-state index contributed by atoms with van der Waals surface area (Å²) >= 11 is 0. The number of benzene rings is 1. The summed E-state index contributed by atoms with van der Waals surface area (Å²) in [5.41, 5.74) is 1.66. The van der Waals surface area contributed by atoms with Gasteiger partial charge in [0.05, 0.1) is 11.8 Å². The quantitative estimate of drug-likeness (QED) is 0.676. The molecule has 1 aromatic carbocycles. The number of anilines is 1. The smallest absolute Gasteiger partial charge is 0.230 e. The van der Waals surface area contributed by atoms with Crippen LogP contribution < -0.4 is 10.1 Å². The van der Waals surface area contributed by atoms with Crippen molar-refractivity contribution in [1.82, 2.24) is 4.98 Å². The molecule has 0 aliphatic rings. The number of nitrogens with one attached hydrogen (secondary N) is 1. The Hall–Kier alpha value is -2.44. The average molecular weight is 372 g/mol. The van der Waals surface area contributed by atoms with Crippen LogP contribution in [0, 0.1) is 5.41 Å². The average Bonchev–Trinajstić information content (AvgIpc) is 2.53. The molecule has 1 amide bonds. The van der Waals surface area contributed by atoms with Crippen molar-refractivity contribution in [3.8, 4) is 17.0 Å². The second-order valence-corrected chi connectivity index (χ2v) is 7.79. The second-order valence-electron chi connectivity index (χ2n) is 7.79. The van der Waals surface area contributed by atoms with E-state index in [0.29, 0.717) is 17.3 Å². The van der Waals surface area contributed by atoms with E-state index in [0.717, 1.165) is 11.1 Å². The maximum Gasteiger partial charge on any atom is 0.230 e. The Labute approximate surface area is 160 Å². The maximum atomic E-state index is 12.2. The second kappa shape index (κ2) is 8.50. The number of hydrogen-bond acceptors (Lipinski definition) is 5. The molecule has 27 heavy (non-hydrogen) atoms. The lowest BCUT2D eigenvalue weighted by Crippen LogP contribution is -2.28. The molecule has 3 N–H and O–H groups in total. The number of carbonyl (C=O) groups is 1. The van der Waals surface area contributed by atoms with Crippen molar-refractivity contribution < 1.29 is 19.7 Å². The summed E-state index contributed by atoms with van der Waals surface area (Å²) in [7, 11) is 0. The van der Waals surface area contributed by atoms with E-state index < -0.39 is 11.7 Å². The van der Waals surface area contributed by atoms with Crippen molar-refractivity contribution in [2.45, 2.75) is 53.4 Å².